The van der Waals surface area contributed by atoms with E-state index >= 15 is 0 Å². The second-order valence-electron chi connectivity index (χ2n) is 7.87. The van der Waals surface area contributed by atoms with Crippen molar-refractivity contribution in [1.29, 1.82) is 0 Å². The molecule has 2 atom stereocenters. The third-order valence-corrected chi connectivity index (χ3v) is 5.75. The van der Waals surface area contributed by atoms with Crippen molar-refractivity contribution in [3.8, 4) is 0 Å². The molecule has 27 heavy (non-hydrogen) atoms. The summed E-state index contributed by atoms with van der Waals surface area (Å²) in [7, 11) is -4.19. The summed E-state index contributed by atoms with van der Waals surface area (Å²) in [6, 6.07) is 0. The Morgan fingerprint density at radius 1 is 0.704 bits per heavy atom. The average molecular weight is 415 g/mol. The average Bonchev–Trinajstić information content (AvgIpc) is 2.53. The number of ether oxygens (including phenoxy) is 1. The monoisotopic (exact) mass is 414 g/mol. The molecule has 0 amide bonds. The van der Waals surface area contributed by atoms with Crippen LogP contribution in [0.4, 0.5) is 0 Å². The topological polar surface area (TPSA) is 66.4 Å². The largest absolute Gasteiger partial charge is 1.00 e. The van der Waals surface area contributed by atoms with E-state index in [-0.39, 0.29) is 35.7 Å². The summed E-state index contributed by atoms with van der Waals surface area (Å²) in [6.45, 7) is 5.87. The van der Waals surface area contributed by atoms with Gasteiger partial charge in [-0.05, 0) is 20.3 Å². The summed E-state index contributed by atoms with van der Waals surface area (Å²) in [6.07, 6.45) is 19.2. The third kappa shape index (κ3) is 24.8. The van der Waals surface area contributed by atoms with E-state index < -0.39 is 22.0 Å². The second kappa shape index (κ2) is 20.2. The molecule has 0 heterocycles. The molecule has 158 valence electrons. The van der Waals surface area contributed by atoms with Crippen LogP contribution in [-0.4, -0.2) is 30.9 Å². The normalized spacial score (nSPS) is 13.9. The van der Waals surface area contributed by atoms with Gasteiger partial charge in [-0.2, -0.15) is 0 Å². The maximum absolute atomic E-state index is 10.7. The van der Waals surface area contributed by atoms with Crippen LogP contribution in [0.3, 0.4) is 0 Å². The van der Waals surface area contributed by atoms with Gasteiger partial charge in [-0.3, -0.25) is 0 Å². The van der Waals surface area contributed by atoms with Gasteiger partial charge in [-0.1, -0.05) is 96.8 Å². The van der Waals surface area contributed by atoms with Gasteiger partial charge in [0.15, 0.2) is 0 Å². The Morgan fingerprint density at radius 3 is 1.44 bits per heavy atom. The van der Waals surface area contributed by atoms with Crippen molar-refractivity contribution in [3.05, 3.63) is 0 Å². The standard InChI is InChI=1S/C21H44O4S.Na/c1-4-5-6-7-8-9-10-11-12-13-14-15-16-17-18-20(2)25-21(3)19-26(22,23)24;/h20-21H,4-19H2,1-3H3,(H,22,23,24);/q;+1/p-1. The maximum Gasteiger partial charge on any atom is 1.00 e. The van der Waals surface area contributed by atoms with Crippen LogP contribution in [-0.2, 0) is 14.9 Å². The first-order valence-electron chi connectivity index (χ1n) is 10.9. The van der Waals surface area contributed by atoms with Gasteiger partial charge in [0.25, 0.3) is 0 Å². The number of unbranched alkanes of at least 4 members (excludes halogenated alkanes) is 13. The fraction of sp³-hybridized carbons (Fsp3) is 1.00. The Balaban J connectivity index is 0. The van der Waals surface area contributed by atoms with Crippen molar-refractivity contribution in [3.63, 3.8) is 0 Å². The molecule has 0 spiro atoms. The first-order valence-corrected chi connectivity index (χ1v) is 12.5. The summed E-state index contributed by atoms with van der Waals surface area (Å²) >= 11 is 0. The summed E-state index contributed by atoms with van der Waals surface area (Å²) in [5.74, 6) is -0.434. The fourth-order valence-electron chi connectivity index (χ4n) is 3.42. The fourth-order valence-corrected chi connectivity index (χ4v) is 4.07. The van der Waals surface area contributed by atoms with Gasteiger partial charge in [0.1, 0.15) is 0 Å². The zero-order chi connectivity index (χ0) is 19.7. The van der Waals surface area contributed by atoms with Crippen LogP contribution in [0.5, 0.6) is 0 Å². The Kier molecular flexibility index (Phi) is 22.4. The molecule has 0 saturated heterocycles. The zero-order valence-electron chi connectivity index (χ0n) is 18.5. The van der Waals surface area contributed by atoms with Crippen LogP contribution in [0.25, 0.3) is 0 Å². The van der Waals surface area contributed by atoms with Gasteiger partial charge in [0.05, 0.1) is 28.1 Å². The third-order valence-electron chi connectivity index (χ3n) is 4.87. The van der Waals surface area contributed by atoms with E-state index in [9.17, 15) is 13.0 Å². The minimum absolute atomic E-state index is 0. The van der Waals surface area contributed by atoms with Crippen LogP contribution >= 0.6 is 0 Å². The van der Waals surface area contributed by atoms with Gasteiger partial charge in [0, 0.05) is 0 Å². The molecule has 0 aromatic heterocycles. The number of hydrogen-bond acceptors (Lipinski definition) is 4. The Labute approximate surface area is 191 Å². The van der Waals surface area contributed by atoms with E-state index in [4.69, 9.17) is 4.74 Å². The van der Waals surface area contributed by atoms with Crippen LogP contribution in [0.1, 0.15) is 117 Å². The van der Waals surface area contributed by atoms with Crippen molar-refractivity contribution in [2.45, 2.75) is 129 Å². The van der Waals surface area contributed by atoms with Gasteiger partial charge < -0.3 is 9.29 Å². The molecule has 0 aliphatic rings. The number of hydrogen-bond donors (Lipinski definition) is 0. The molecule has 0 N–H and O–H groups in total. The smallest absolute Gasteiger partial charge is 0.748 e. The minimum atomic E-state index is -4.19. The first-order chi connectivity index (χ1) is 12.3. The quantitative estimate of drug-likeness (QED) is 0.185. The molecule has 0 aliphatic carbocycles. The maximum atomic E-state index is 10.7. The predicted molar refractivity (Wildman–Crippen MR) is 110 cm³/mol. The van der Waals surface area contributed by atoms with E-state index in [0.29, 0.717) is 0 Å². The molecule has 0 aromatic rings. The van der Waals surface area contributed by atoms with Crippen LogP contribution in [0, 0.1) is 0 Å². The predicted octanol–water partition coefficient (Wildman–Crippen LogP) is 3.20. The van der Waals surface area contributed by atoms with Gasteiger partial charge in [0.2, 0.25) is 0 Å². The minimum Gasteiger partial charge on any atom is -0.748 e. The summed E-state index contributed by atoms with van der Waals surface area (Å²) in [5.41, 5.74) is 0. The molecule has 0 aromatic carbocycles. The van der Waals surface area contributed by atoms with E-state index in [1.54, 1.807) is 6.92 Å². The second-order valence-corrected chi connectivity index (χ2v) is 9.32. The molecule has 0 bridgehead atoms. The summed E-state index contributed by atoms with van der Waals surface area (Å²) < 4.78 is 37.6. The van der Waals surface area contributed by atoms with Crippen LogP contribution in [0.2, 0.25) is 0 Å². The Morgan fingerprint density at radius 2 is 1.07 bits per heavy atom. The molecular formula is C21H43NaO4S. The molecule has 0 rings (SSSR count). The van der Waals surface area contributed by atoms with Gasteiger partial charge in [-0.15, -0.1) is 0 Å². The summed E-state index contributed by atoms with van der Waals surface area (Å²) in [5, 5.41) is 0. The van der Waals surface area contributed by atoms with Crippen molar-refractivity contribution >= 4 is 10.1 Å². The van der Waals surface area contributed by atoms with E-state index in [1.807, 2.05) is 6.92 Å². The molecule has 0 fully saturated rings. The van der Waals surface area contributed by atoms with E-state index in [2.05, 4.69) is 6.92 Å². The molecule has 0 saturated carbocycles. The molecule has 0 radical (unpaired) electrons. The molecule has 2 unspecified atom stereocenters. The molecular weight excluding hydrogens is 371 g/mol. The summed E-state index contributed by atoms with van der Waals surface area (Å²) in [4.78, 5) is 0. The van der Waals surface area contributed by atoms with E-state index in [1.165, 1.54) is 83.5 Å². The first kappa shape index (κ1) is 30.1. The molecule has 4 nitrogen and oxygen atoms in total. The van der Waals surface area contributed by atoms with E-state index in [0.717, 1.165) is 12.8 Å². The van der Waals surface area contributed by atoms with Crippen LogP contribution in [0.15, 0.2) is 0 Å². The number of rotatable bonds is 19. The van der Waals surface area contributed by atoms with Crippen molar-refractivity contribution in [2.75, 3.05) is 5.75 Å². The van der Waals surface area contributed by atoms with Crippen molar-refractivity contribution in [2.24, 2.45) is 0 Å². The molecule has 0 aliphatic heterocycles. The Hall–Kier alpha value is 0.870. The van der Waals surface area contributed by atoms with Crippen LogP contribution < -0.4 is 29.6 Å². The van der Waals surface area contributed by atoms with Crippen molar-refractivity contribution in [1.82, 2.24) is 0 Å². The van der Waals surface area contributed by atoms with Gasteiger partial charge >= 0.3 is 29.6 Å². The van der Waals surface area contributed by atoms with Gasteiger partial charge in [-0.25, -0.2) is 8.42 Å². The SMILES string of the molecule is CCCCCCCCCCCCCCCCC(C)OC(C)CS(=O)(=O)[O-].[Na+]. The Bertz CT molecular complexity index is 401. The zero-order valence-corrected chi connectivity index (χ0v) is 21.3. The van der Waals surface area contributed by atoms with Crippen molar-refractivity contribution < 1.29 is 47.3 Å². The molecule has 6 heteroatoms.